The normalized spacial score (nSPS) is 25.1. The number of hydrogen-bond donors (Lipinski definition) is 1. The fourth-order valence-corrected chi connectivity index (χ4v) is 2.95. The van der Waals surface area contributed by atoms with Gasteiger partial charge in [0.25, 0.3) is 0 Å². The van der Waals surface area contributed by atoms with E-state index < -0.39 is 0 Å². The third-order valence-electron chi connectivity index (χ3n) is 2.74. The molecule has 1 aliphatic heterocycles. The summed E-state index contributed by atoms with van der Waals surface area (Å²) >= 11 is 5.32. The van der Waals surface area contributed by atoms with Crippen LogP contribution in [0.2, 0.25) is 0 Å². The number of amidine groups is 1. The minimum absolute atomic E-state index is 0.409. The Balaban J connectivity index is 2.11. The fourth-order valence-electron chi connectivity index (χ4n) is 1.45. The van der Waals surface area contributed by atoms with Gasteiger partial charge < -0.3 is 5.32 Å². The van der Waals surface area contributed by atoms with Gasteiger partial charge in [-0.05, 0) is 40.9 Å². The van der Waals surface area contributed by atoms with Crippen LogP contribution in [0.25, 0.3) is 0 Å². The SMILES string of the molecule is CC1CSC(Nc2ccccc2Br)=NC1C. The van der Waals surface area contributed by atoms with Crippen molar-refractivity contribution in [3.8, 4) is 0 Å². The third-order valence-corrected chi connectivity index (χ3v) is 4.61. The molecule has 0 fully saturated rings. The van der Waals surface area contributed by atoms with E-state index >= 15 is 0 Å². The van der Waals surface area contributed by atoms with E-state index in [-0.39, 0.29) is 0 Å². The smallest absolute Gasteiger partial charge is 0.161 e. The maximum atomic E-state index is 4.65. The summed E-state index contributed by atoms with van der Waals surface area (Å²) in [4.78, 5) is 4.65. The second-order valence-corrected chi connectivity index (χ2v) is 5.93. The molecule has 1 aromatic rings. The average Bonchev–Trinajstić information content (AvgIpc) is 2.27. The lowest BCUT2D eigenvalue weighted by atomic mass is 10.1. The van der Waals surface area contributed by atoms with Crippen LogP contribution in [0.5, 0.6) is 0 Å². The molecule has 1 heterocycles. The quantitative estimate of drug-likeness (QED) is 0.848. The molecule has 0 radical (unpaired) electrons. The van der Waals surface area contributed by atoms with Gasteiger partial charge in [-0.1, -0.05) is 30.8 Å². The first-order chi connectivity index (χ1) is 7.66. The number of anilines is 1. The van der Waals surface area contributed by atoms with Crippen LogP contribution in [-0.4, -0.2) is 17.0 Å². The summed E-state index contributed by atoms with van der Waals surface area (Å²) < 4.78 is 1.07. The molecule has 0 aromatic heterocycles. The van der Waals surface area contributed by atoms with Crippen molar-refractivity contribution in [3.05, 3.63) is 28.7 Å². The Hall–Kier alpha value is -0.480. The molecule has 86 valence electrons. The molecule has 16 heavy (non-hydrogen) atoms. The molecule has 0 bridgehead atoms. The van der Waals surface area contributed by atoms with Crippen molar-refractivity contribution in [1.29, 1.82) is 0 Å². The van der Waals surface area contributed by atoms with Crippen molar-refractivity contribution in [2.45, 2.75) is 19.9 Å². The van der Waals surface area contributed by atoms with Crippen LogP contribution in [0.1, 0.15) is 13.8 Å². The molecule has 2 unspecified atom stereocenters. The number of aliphatic imine (C=N–C) groups is 1. The van der Waals surface area contributed by atoms with E-state index in [9.17, 15) is 0 Å². The first-order valence-electron chi connectivity index (χ1n) is 5.39. The third kappa shape index (κ3) is 2.80. The van der Waals surface area contributed by atoms with Crippen LogP contribution in [0, 0.1) is 5.92 Å². The number of halogens is 1. The van der Waals surface area contributed by atoms with Crippen LogP contribution < -0.4 is 5.32 Å². The highest BCUT2D eigenvalue weighted by molar-refractivity contribution is 9.10. The van der Waals surface area contributed by atoms with E-state index in [1.807, 2.05) is 18.2 Å². The second-order valence-electron chi connectivity index (χ2n) is 4.07. The van der Waals surface area contributed by atoms with Gasteiger partial charge in [-0.15, -0.1) is 0 Å². The number of hydrogen-bond acceptors (Lipinski definition) is 3. The number of para-hydroxylation sites is 1. The zero-order valence-corrected chi connectivity index (χ0v) is 11.8. The largest absolute Gasteiger partial charge is 0.334 e. The maximum absolute atomic E-state index is 4.65. The molecule has 0 spiro atoms. The Bertz CT molecular complexity index is 406. The van der Waals surface area contributed by atoms with Gasteiger partial charge in [0.2, 0.25) is 0 Å². The summed E-state index contributed by atoms with van der Waals surface area (Å²) in [7, 11) is 0. The zero-order valence-electron chi connectivity index (χ0n) is 9.40. The van der Waals surface area contributed by atoms with Gasteiger partial charge in [0, 0.05) is 10.2 Å². The topological polar surface area (TPSA) is 24.4 Å². The van der Waals surface area contributed by atoms with Gasteiger partial charge in [0.05, 0.1) is 11.7 Å². The van der Waals surface area contributed by atoms with Gasteiger partial charge in [-0.2, -0.15) is 0 Å². The molecule has 4 heteroatoms. The molecule has 0 aliphatic carbocycles. The molecular formula is C12H15BrN2S. The van der Waals surface area contributed by atoms with Crippen LogP contribution in [-0.2, 0) is 0 Å². The molecule has 2 nitrogen and oxygen atoms in total. The fraction of sp³-hybridized carbons (Fsp3) is 0.417. The van der Waals surface area contributed by atoms with Crippen molar-refractivity contribution in [1.82, 2.24) is 0 Å². The number of nitrogens with zero attached hydrogens (tertiary/aromatic N) is 1. The predicted molar refractivity (Wildman–Crippen MR) is 76.3 cm³/mol. The highest BCUT2D eigenvalue weighted by Crippen LogP contribution is 2.27. The number of thioether (sulfide) groups is 1. The Labute approximate surface area is 109 Å². The summed E-state index contributed by atoms with van der Waals surface area (Å²) in [5.74, 6) is 1.80. The predicted octanol–water partition coefficient (Wildman–Crippen LogP) is 3.99. The van der Waals surface area contributed by atoms with Crippen molar-refractivity contribution in [2.75, 3.05) is 11.1 Å². The van der Waals surface area contributed by atoms with Crippen molar-refractivity contribution in [3.63, 3.8) is 0 Å². The lowest BCUT2D eigenvalue weighted by Gasteiger charge is -2.23. The van der Waals surface area contributed by atoms with Gasteiger partial charge in [0.15, 0.2) is 5.17 Å². The molecule has 0 amide bonds. The van der Waals surface area contributed by atoms with E-state index in [1.165, 1.54) is 0 Å². The Kier molecular flexibility index (Phi) is 3.92. The minimum Gasteiger partial charge on any atom is -0.334 e. The van der Waals surface area contributed by atoms with E-state index in [0.717, 1.165) is 21.1 Å². The monoisotopic (exact) mass is 298 g/mol. The van der Waals surface area contributed by atoms with Crippen molar-refractivity contribution in [2.24, 2.45) is 10.9 Å². The van der Waals surface area contributed by atoms with E-state index in [4.69, 9.17) is 0 Å². The molecule has 2 atom stereocenters. The summed E-state index contributed by atoms with van der Waals surface area (Å²) in [6, 6.07) is 8.52. The Morgan fingerprint density at radius 1 is 1.38 bits per heavy atom. The highest BCUT2D eigenvalue weighted by Gasteiger charge is 2.19. The molecule has 1 N–H and O–H groups in total. The van der Waals surface area contributed by atoms with Gasteiger partial charge in [0.1, 0.15) is 0 Å². The summed E-state index contributed by atoms with van der Waals surface area (Å²) in [6.07, 6.45) is 0. The van der Waals surface area contributed by atoms with E-state index in [0.29, 0.717) is 12.0 Å². The summed E-state index contributed by atoms with van der Waals surface area (Å²) in [5.41, 5.74) is 1.08. The molecule has 0 saturated carbocycles. The first-order valence-corrected chi connectivity index (χ1v) is 7.17. The highest BCUT2D eigenvalue weighted by atomic mass is 79.9. The first kappa shape index (κ1) is 12.0. The van der Waals surface area contributed by atoms with Gasteiger partial charge in [-0.3, -0.25) is 4.99 Å². The maximum Gasteiger partial charge on any atom is 0.161 e. The van der Waals surface area contributed by atoms with Crippen LogP contribution in [0.4, 0.5) is 5.69 Å². The molecule has 0 saturated heterocycles. The van der Waals surface area contributed by atoms with Crippen LogP contribution >= 0.6 is 27.7 Å². The lowest BCUT2D eigenvalue weighted by Crippen LogP contribution is -2.25. The van der Waals surface area contributed by atoms with E-state index in [2.05, 4.69) is 46.2 Å². The van der Waals surface area contributed by atoms with Gasteiger partial charge >= 0.3 is 0 Å². The zero-order chi connectivity index (χ0) is 11.5. The minimum atomic E-state index is 0.409. The summed E-state index contributed by atoms with van der Waals surface area (Å²) in [6.45, 7) is 4.42. The standard InChI is InChI=1S/C12H15BrN2S/c1-8-7-16-12(14-9(8)2)15-11-6-4-3-5-10(11)13/h3-6,8-9H,7H2,1-2H3,(H,14,15). The molecule has 1 aromatic carbocycles. The van der Waals surface area contributed by atoms with E-state index in [1.54, 1.807) is 11.8 Å². The summed E-state index contributed by atoms with van der Waals surface area (Å²) in [5, 5.41) is 4.39. The van der Waals surface area contributed by atoms with Crippen molar-refractivity contribution < 1.29 is 0 Å². The average molecular weight is 299 g/mol. The number of rotatable bonds is 1. The Morgan fingerprint density at radius 3 is 2.81 bits per heavy atom. The molecular weight excluding hydrogens is 284 g/mol. The Morgan fingerprint density at radius 2 is 2.12 bits per heavy atom. The lowest BCUT2D eigenvalue weighted by molar-refractivity contribution is 0.537. The second kappa shape index (κ2) is 5.23. The van der Waals surface area contributed by atoms with Crippen LogP contribution in [0.3, 0.4) is 0 Å². The molecule has 2 rings (SSSR count). The molecule has 1 aliphatic rings. The van der Waals surface area contributed by atoms with Crippen LogP contribution in [0.15, 0.2) is 33.7 Å². The van der Waals surface area contributed by atoms with Gasteiger partial charge in [-0.25, -0.2) is 0 Å². The number of benzene rings is 1. The van der Waals surface area contributed by atoms with Crippen molar-refractivity contribution >= 4 is 38.5 Å². The number of nitrogens with one attached hydrogen (secondary N) is 1.